The average Bonchev–Trinajstić information content (AvgIpc) is 3.59. The van der Waals surface area contributed by atoms with Gasteiger partial charge in [0.15, 0.2) is 5.82 Å². The van der Waals surface area contributed by atoms with E-state index in [1.807, 2.05) is 31.2 Å². The lowest BCUT2D eigenvalue weighted by molar-refractivity contribution is -0.125. The minimum atomic E-state index is -0.128. The zero-order chi connectivity index (χ0) is 21.8. The van der Waals surface area contributed by atoms with E-state index in [1.165, 1.54) is 11.8 Å². The summed E-state index contributed by atoms with van der Waals surface area (Å²) in [4.78, 5) is 26.7. The molecule has 2 fully saturated rings. The number of nitrogens with zero attached hydrogens (tertiary/aromatic N) is 3. The van der Waals surface area contributed by atoms with Gasteiger partial charge in [-0.25, -0.2) is 0 Å². The Morgan fingerprint density at radius 1 is 1.19 bits per heavy atom. The van der Waals surface area contributed by atoms with Crippen molar-refractivity contribution >= 4 is 46.7 Å². The maximum Gasteiger partial charge on any atom is 0.234 e. The molecule has 0 unspecified atom stereocenters. The lowest BCUT2D eigenvalue weighted by atomic mass is 9.97. The highest BCUT2D eigenvalue weighted by Crippen LogP contribution is 2.25. The van der Waals surface area contributed by atoms with Crippen LogP contribution in [-0.4, -0.2) is 46.9 Å². The van der Waals surface area contributed by atoms with E-state index in [-0.39, 0.29) is 23.5 Å². The van der Waals surface area contributed by atoms with Crippen LogP contribution >= 0.6 is 23.4 Å². The predicted molar refractivity (Wildman–Crippen MR) is 124 cm³/mol. The normalized spacial score (nSPS) is 18.5. The molecule has 1 saturated heterocycles. The molecular weight excluding hydrogens is 434 g/mol. The highest BCUT2D eigenvalue weighted by atomic mass is 35.5. The summed E-state index contributed by atoms with van der Waals surface area (Å²) in [6.45, 7) is 3.45. The van der Waals surface area contributed by atoms with E-state index in [9.17, 15) is 9.59 Å². The van der Waals surface area contributed by atoms with Crippen LogP contribution < -0.4 is 15.5 Å². The second-order valence-corrected chi connectivity index (χ2v) is 9.50. The second kappa shape index (κ2) is 9.87. The van der Waals surface area contributed by atoms with Crippen molar-refractivity contribution in [3.63, 3.8) is 0 Å². The number of hydrogen-bond acceptors (Lipinski definition) is 6. The Kier molecular flexibility index (Phi) is 6.97. The number of rotatable bonds is 7. The molecule has 2 amide bonds. The van der Waals surface area contributed by atoms with Crippen LogP contribution in [0.2, 0.25) is 5.02 Å². The number of carbonyl (C=O) groups excluding carboxylic acids is 2. The molecule has 1 atom stereocenters. The van der Waals surface area contributed by atoms with Gasteiger partial charge >= 0.3 is 0 Å². The molecule has 2 heterocycles. The van der Waals surface area contributed by atoms with Gasteiger partial charge in [0.1, 0.15) is 5.03 Å². The highest BCUT2D eigenvalue weighted by Gasteiger charge is 2.30. The zero-order valence-corrected chi connectivity index (χ0v) is 19.0. The number of halogens is 1. The van der Waals surface area contributed by atoms with Crippen LogP contribution in [0, 0.1) is 12.8 Å². The number of amides is 2. The van der Waals surface area contributed by atoms with Gasteiger partial charge in [-0.15, -0.1) is 10.2 Å². The van der Waals surface area contributed by atoms with Gasteiger partial charge in [0.25, 0.3) is 0 Å². The molecule has 1 aromatic heterocycles. The fourth-order valence-corrected chi connectivity index (χ4v) is 4.31. The number of aromatic nitrogens is 2. The topological polar surface area (TPSA) is 87.2 Å². The third kappa shape index (κ3) is 6.11. The minimum absolute atomic E-state index is 0.00387. The van der Waals surface area contributed by atoms with Gasteiger partial charge in [0.05, 0.1) is 11.7 Å². The number of thioether (sulfide) groups is 1. The molecule has 0 bridgehead atoms. The number of piperidine rings is 1. The van der Waals surface area contributed by atoms with Crippen molar-refractivity contribution < 1.29 is 9.59 Å². The standard InChI is InChI=1S/C22H26ClN5O2S/c1-14-4-5-17(11-18(14)23)24-20(29)13-31-21-9-8-19(26-27-21)28-10-2-3-15(12-28)22(30)25-16-6-7-16/h4-5,8-9,11,15-16H,2-3,6-7,10,12-13H2,1H3,(H,24,29)(H,25,30)/t15-/m1/s1. The summed E-state index contributed by atoms with van der Waals surface area (Å²) in [6, 6.07) is 9.61. The Morgan fingerprint density at radius 2 is 2.03 bits per heavy atom. The monoisotopic (exact) mass is 459 g/mol. The first-order chi connectivity index (χ1) is 15.0. The van der Waals surface area contributed by atoms with Gasteiger partial charge < -0.3 is 15.5 Å². The maximum absolute atomic E-state index is 12.4. The first-order valence-electron chi connectivity index (χ1n) is 10.6. The fraction of sp³-hybridized carbons (Fsp3) is 0.455. The first-order valence-corrected chi connectivity index (χ1v) is 11.9. The molecule has 1 aromatic carbocycles. The molecule has 1 aliphatic carbocycles. The summed E-state index contributed by atoms with van der Waals surface area (Å²) in [5.74, 6) is 1.04. The molecular formula is C22H26ClN5O2S. The lowest BCUT2D eigenvalue weighted by Gasteiger charge is -2.32. The van der Waals surface area contributed by atoms with E-state index in [0.29, 0.717) is 28.3 Å². The number of aryl methyl sites for hydroxylation is 1. The Balaban J connectivity index is 1.27. The van der Waals surface area contributed by atoms with Gasteiger partial charge in [0.2, 0.25) is 11.8 Å². The molecule has 1 aliphatic heterocycles. The van der Waals surface area contributed by atoms with Crippen molar-refractivity contribution in [3.8, 4) is 0 Å². The Morgan fingerprint density at radius 3 is 2.74 bits per heavy atom. The smallest absolute Gasteiger partial charge is 0.234 e. The van der Waals surface area contributed by atoms with Crippen LogP contribution in [0.25, 0.3) is 0 Å². The van der Waals surface area contributed by atoms with E-state index in [0.717, 1.165) is 43.6 Å². The van der Waals surface area contributed by atoms with Gasteiger partial charge in [-0.2, -0.15) is 0 Å². The van der Waals surface area contributed by atoms with Crippen molar-refractivity contribution in [2.75, 3.05) is 29.1 Å². The third-order valence-corrected chi connectivity index (χ3v) is 6.80. The van der Waals surface area contributed by atoms with Crippen LogP contribution in [0.1, 0.15) is 31.2 Å². The molecule has 9 heteroatoms. The Bertz CT molecular complexity index is 951. The number of hydrogen-bond donors (Lipinski definition) is 2. The lowest BCUT2D eigenvalue weighted by Crippen LogP contribution is -2.44. The fourth-order valence-electron chi connectivity index (χ4n) is 3.51. The van der Waals surface area contributed by atoms with E-state index in [4.69, 9.17) is 11.6 Å². The molecule has 2 N–H and O–H groups in total. The molecule has 2 aliphatic rings. The van der Waals surface area contributed by atoms with E-state index in [2.05, 4.69) is 25.7 Å². The molecule has 4 rings (SSSR count). The van der Waals surface area contributed by atoms with Crippen LogP contribution in [0.15, 0.2) is 35.4 Å². The van der Waals surface area contributed by atoms with Crippen molar-refractivity contribution in [1.82, 2.24) is 15.5 Å². The van der Waals surface area contributed by atoms with Gasteiger partial charge in [-0.3, -0.25) is 9.59 Å². The van der Waals surface area contributed by atoms with Crippen molar-refractivity contribution in [1.29, 1.82) is 0 Å². The van der Waals surface area contributed by atoms with Crippen molar-refractivity contribution in [2.45, 2.75) is 43.7 Å². The van der Waals surface area contributed by atoms with E-state index in [1.54, 1.807) is 6.07 Å². The Labute approximate surface area is 191 Å². The number of anilines is 2. The summed E-state index contributed by atoms with van der Waals surface area (Å²) in [5, 5.41) is 15.8. The number of nitrogens with one attached hydrogen (secondary N) is 2. The molecule has 1 saturated carbocycles. The van der Waals surface area contributed by atoms with Crippen LogP contribution in [0.3, 0.4) is 0 Å². The van der Waals surface area contributed by atoms with Crippen LogP contribution in [0.4, 0.5) is 11.5 Å². The van der Waals surface area contributed by atoms with Crippen LogP contribution in [-0.2, 0) is 9.59 Å². The van der Waals surface area contributed by atoms with Gasteiger partial charge in [-0.05, 0) is 62.4 Å². The van der Waals surface area contributed by atoms with Gasteiger partial charge in [0, 0.05) is 29.8 Å². The summed E-state index contributed by atoms with van der Waals surface area (Å²) in [7, 11) is 0. The number of benzene rings is 1. The predicted octanol–water partition coefficient (Wildman–Crippen LogP) is 3.66. The molecule has 31 heavy (non-hydrogen) atoms. The SMILES string of the molecule is Cc1ccc(NC(=O)CSc2ccc(N3CCC[C@@H](C(=O)NC4CC4)C3)nn2)cc1Cl. The van der Waals surface area contributed by atoms with E-state index < -0.39 is 0 Å². The summed E-state index contributed by atoms with van der Waals surface area (Å²) in [5.41, 5.74) is 1.64. The third-order valence-electron chi connectivity index (χ3n) is 5.47. The van der Waals surface area contributed by atoms with E-state index >= 15 is 0 Å². The summed E-state index contributed by atoms with van der Waals surface area (Å²) in [6.07, 6.45) is 4.08. The van der Waals surface area contributed by atoms with Crippen LogP contribution in [0.5, 0.6) is 0 Å². The highest BCUT2D eigenvalue weighted by molar-refractivity contribution is 7.99. The first kappa shape index (κ1) is 21.9. The molecule has 0 spiro atoms. The average molecular weight is 460 g/mol. The van der Waals surface area contributed by atoms with Crippen molar-refractivity contribution in [2.24, 2.45) is 5.92 Å². The van der Waals surface area contributed by atoms with Gasteiger partial charge in [-0.1, -0.05) is 29.4 Å². The molecule has 164 valence electrons. The zero-order valence-electron chi connectivity index (χ0n) is 17.4. The maximum atomic E-state index is 12.4. The molecule has 2 aromatic rings. The molecule has 7 nitrogen and oxygen atoms in total. The Hall–Kier alpha value is -2.32. The largest absolute Gasteiger partial charge is 0.354 e. The van der Waals surface area contributed by atoms with Crippen molar-refractivity contribution in [3.05, 3.63) is 40.9 Å². The summed E-state index contributed by atoms with van der Waals surface area (Å²) >= 11 is 7.43. The number of carbonyl (C=O) groups is 2. The minimum Gasteiger partial charge on any atom is -0.354 e. The molecule has 0 radical (unpaired) electrons. The quantitative estimate of drug-likeness (QED) is 0.614. The summed E-state index contributed by atoms with van der Waals surface area (Å²) < 4.78 is 0. The second-order valence-electron chi connectivity index (χ2n) is 8.10.